The molecule has 0 aliphatic carbocycles. The van der Waals surface area contributed by atoms with Crippen LogP contribution in [0, 0.1) is 13.8 Å². The third-order valence-electron chi connectivity index (χ3n) is 2.75. The summed E-state index contributed by atoms with van der Waals surface area (Å²) < 4.78 is 2.14. The fourth-order valence-corrected chi connectivity index (χ4v) is 2.48. The van der Waals surface area contributed by atoms with Gasteiger partial charge in [0.25, 0.3) is 0 Å². The van der Waals surface area contributed by atoms with Gasteiger partial charge in [-0.1, -0.05) is 5.57 Å². The van der Waals surface area contributed by atoms with Crippen LogP contribution < -0.4 is 5.73 Å². The zero-order valence-corrected chi connectivity index (χ0v) is 10.9. The lowest BCUT2D eigenvalue weighted by molar-refractivity contribution is 0.866. The van der Waals surface area contributed by atoms with Crippen molar-refractivity contribution in [3.63, 3.8) is 0 Å². The Morgan fingerprint density at radius 2 is 2.25 bits per heavy atom. The van der Waals surface area contributed by atoms with Gasteiger partial charge in [-0.05, 0) is 33.8 Å². The van der Waals surface area contributed by atoms with E-state index in [-0.39, 0.29) is 6.04 Å². The fourth-order valence-electron chi connectivity index (χ4n) is 1.60. The van der Waals surface area contributed by atoms with Gasteiger partial charge in [0.2, 0.25) is 0 Å². The highest BCUT2D eigenvalue weighted by Crippen LogP contribution is 2.22. The summed E-state index contributed by atoms with van der Waals surface area (Å²) in [4.78, 5) is 6.87. The molecule has 2 N–H and O–H groups in total. The molecule has 1 atom stereocenters. The molecule has 1 unspecified atom stereocenters. The summed E-state index contributed by atoms with van der Waals surface area (Å²) in [5.41, 5.74) is 9.24. The number of rotatable bonds is 2. The number of thiazole rings is 1. The zero-order chi connectivity index (χ0) is 11.9. The molecule has 2 rings (SSSR count). The van der Waals surface area contributed by atoms with E-state index >= 15 is 0 Å². The van der Waals surface area contributed by atoms with Gasteiger partial charge in [-0.25, -0.2) is 4.98 Å². The van der Waals surface area contributed by atoms with Crippen molar-refractivity contribution >= 4 is 22.4 Å². The molecule has 2 aromatic heterocycles. The number of imidazole rings is 1. The number of nitrogens with two attached hydrogens (primary N) is 1. The van der Waals surface area contributed by atoms with E-state index in [2.05, 4.69) is 35.5 Å². The van der Waals surface area contributed by atoms with Crippen LogP contribution in [0.1, 0.15) is 30.1 Å². The predicted octanol–water partition coefficient (Wildman–Crippen LogP) is 2.76. The Labute approximate surface area is 99.6 Å². The van der Waals surface area contributed by atoms with Crippen molar-refractivity contribution < 1.29 is 0 Å². The van der Waals surface area contributed by atoms with E-state index in [4.69, 9.17) is 5.73 Å². The first-order valence-electron chi connectivity index (χ1n) is 5.38. The number of hydrogen-bond acceptors (Lipinski definition) is 3. The maximum atomic E-state index is 5.86. The quantitative estimate of drug-likeness (QED) is 0.869. The molecule has 4 heteroatoms. The molecule has 86 valence electrons. The monoisotopic (exact) mass is 235 g/mol. The van der Waals surface area contributed by atoms with Crippen molar-refractivity contribution in [2.24, 2.45) is 5.73 Å². The second kappa shape index (κ2) is 4.03. The molecule has 0 aliphatic heterocycles. The number of aromatic nitrogens is 2. The van der Waals surface area contributed by atoms with Crippen LogP contribution in [0.4, 0.5) is 0 Å². The van der Waals surface area contributed by atoms with Crippen molar-refractivity contribution in [3.05, 3.63) is 28.0 Å². The lowest BCUT2D eigenvalue weighted by Crippen LogP contribution is -2.15. The van der Waals surface area contributed by atoms with Crippen molar-refractivity contribution in [2.75, 3.05) is 0 Å². The average molecular weight is 235 g/mol. The number of hydrogen-bond donors (Lipinski definition) is 1. The first-order chi connectivity index (χ1) is 7.49. The molecule has 0 radical (unpaired) electrons. The largest absolute Gasteiger partial charge is 0.324 e. The van der Waals surface area contributed by atoms with Crippen LogP contribution in [0.25, 0.3) is 11.0 Å². The molecule has 0 aromatic carbocycles. The first-order valence-corrected chi connectivity index (χ1v) is 6.19. The molecular formula is C12H17N3S. The van der Waals surface area contributed by atoms with Crippen molar-refractivity contribution in [3.8, 4) is 0 Å². The highest BCUT2D eigenvalue weighted by molar-refractivity contribution is 7.17. The summed E-state index contributed by atoms with van der Waals surface area (Å²) in [6.07, 6.45) is 4.26. The number of aryl methyl sites for hydroxylation is 2. The van der Waals surface area contributed by atoms with Gasteiger partial charge < -0.3 is 5.73 Å². The Balaban J connectivity index is 2.58. The molecule has 0 saturated heterocycles. The minimum absolute atomic E-state index is 0.0877. The van der Waals surface area contributed by atoms with E-state index in [1.807, 2.05) is 13.8 Å². The fraction of sp³-hybridized carbons (Fsp3) is 0.417. The van der Waals surface area contributed by atoms with Gasteiger partial charge in [0.15, 0.2) is 4.96 Å². The number of fused-ring (bicyclic) bond motifs is 1. The Bertz CT molecular complexity index is 546. The molecule has 16 heavy (non-hydrogen) atoms. The van der Waals surface area contributed by atoms with Crippen molar-refractivity contribution in [2.45, 2.75) is 33.7 Å². The van der Waals surface area contributed by atoms with Crippen molar-refractivity contribution in [1.29, 1.82) is 0 Å². The van der Waals surface area contributed by atoms with Gasteiger partial charge in [-0.15, -0.1) is 11.3 Å². The van der Waals surface area contributed by atoms with Gasteiger partial charge in [0.1, 0.15) is 0 Å². The Kier molecular flexibility index (Phi) is 2.86. The summed E-state index contributed by atoms with van der Waals surface area (Å²) >= 11 is 1.71. The summed E-state index contributed by atoms with van der Waals surface area (Å²) in [5, 5.41) is 0. The normalized spacial score (nSPS) is 14.7. The summed E-state index contributed by atoms with van der Waals surface area (Å²) in [5.74, 6) is 0. The standard InChI is InChI=1S/C12H17N3S/c1-7(9(3)13)5-11-10(4)14-12-15(11)6-8(2)16-12/h5-6,9H,13H2,1-4H3. The molecular weight excluding hydrogens is 218 g/mol. The van der Waals surface area contributed by atoms with Gasteiger partial charge in [0, 0.05) is 17.1 Å². The highest BCUT2D eigenvalue weighted by atomic mass is 32.1. The minimum Gasteiger partial charge on any atom is -0.324 e. The summed E-state index contributed by atoms with van der Waals surface area (Å²) in [7, 11) is 0. The Hall–Kier alpha value is -1.13. The smallest absolute Gasteiger partial charge is 0.194 e. The van der Waals surface area contributed by atoms with Crippen LogP contribution in [0.2, 0.25) is 0 Å². The minimum atomic E-state index is 0.0877. The Morgan fingerprint density at radius 1 is 1.56 bits per heavy atom. The zero-order valence-electron chi connectivity index (χ0n) is 10.1. The average Bonchev–Trinajstić information content (AvgIpc) is 2.65. The molecule has 3 nitrogen and oxygen atoms in total. The van der Waals surface area contributed by atoms with Crippen LogP contribution in [0.15, 0.2) is 11.8 Å². The van der Waals surface area contributed by atoms with Crippen LogP contribution in [-0.2, 0) is 0 Å². The lowest BCUT2D eigenvalue weighted by atomic mass is 10.1. The van der Waals surface area contributed by atoms with Crippen LogP contribution in [0.3, 0.4) is 0 Å². The molecule has 0 aliphatic rings. The first kappa shape index (κ1) is 11.4. The maximum Gasteiger partial charge on any atom is 0.194 e. The second-order valence-electron chi connectivity index (χ2n) is 4.25. The van der Waals surface area contributed by atoms with Crippen LogP contribution >= 0.6 is 11.3 Å². The van der Waals surface area contributed by atoms with Gasteiger partial charge >= 0.3 is 0 Å². The van der Waals surface area contributed by atoms with E-state index in [1.165, 1.54) is 10.5 Å². The van der Waals surface area contributed by atoms with E-state index in [1.54, 1.807) is 11.3 Å². The summed E-state index contributed by atoms with van der Waals surface area (Å²) in [6, 6.07) is 0.0877. The molecule has 0 fully saturated rings. The van der Waals surface area contributed by atoms with E-state index < -0.39 is 0 Å². The van der Waals surface area contributed by atoms with E-state index in [9.17, 15) is 0 Å². The Morgan fingerprint density at radius 3 is 2.88 bits per heavy atom. The third kappa shape index (κ3) is 1.90. The van der Waals surface area contributed by atoms with Gasteiger partial charge in [0.05, 0.1) is 11.4 Å². The maximum absolute atomic E-state index is 5.86. The molecule has 2 aromatic rings. The molecule has 0 saturated carbocycles. The van der Waals surface area contributed by atoms with Gasteiger partial charge in [-0.3, -0.25) is 4.40 Å². The van der Waals surface area contributed by atoms with Gasteiger partial charge in [-0.2, -0.15) is 0 Å². The third-order valence-corrected chi connectivity index (χ3v) is 3.64. The number of nitrogens with zero attached hydrogens (tertiary/aromatic N) is 2. The highest BCUT2D eigenvalue weighted by Gasteiger charge is 2.09. The topological polar surface area (TPSA) is 43.3 Å². The molecule has 0 spiro atoms. The molecule has 0 amide bonds. The second-order valence-corrected chi connectivity index (χ2v) is 5.47. The van der Waals surface area contributed by atoms with E-state index in [0.29, 0.717) is 0 Å². The predicted molar refractivity (Wildman–Crippen MR) is 69.8 cm³/mol. The molecule has 0 bridgehead atoms. The van der Waals surface area contributed by atoms with Crippen LogP contribution in [-0.4, -0.2) is 15.4 Å². The summed E-state index contributed by atoms with van der Waals surface area (Å²) in [6.45, 7) is 8.19. The lowest BCUT2D eigenvalue weighted by Gasteiger charge is -2.04. The van der Waals surface area contributed by atoms with Crippen LogP contribution in [0.5, 0.6) is 0 Å². The molecule has 2 heterocycles. The van der Waals surface area contributed by atoms with Crippen molar-refractivity contribution in [1.82, 2.24) is 9.38 Å². The van der Waals surface area contributed by atoms with E-state index in [0.717, 1.165) is 16.3 Å². The SMILES string of the molecule is CC(=Cc1c(C)nc2sc(C)cn12)C(C)N.